The third-order valence-corrected chi connectivity index (χ3v) is 5.60. The van der Waals surface area contributed by atoms with Crippen LogP contribution in [0.2, 0.25) is 0 Å². The normalized spacial score (nSPS) is 14.2. The summed E-state index contributed by atoms with van der Waals surface area (Å²) in [5, 5.41) is 5.69. The number of hydrogen-bond donors (Lipinski definition) is 3. The van der Waals surface area contributed by atoms with E-state index in [-0.39, 0.29) is 11.8 Å². The van der Waals surface area contributed by atoms with Crippen LogP contribution in [0.25, 0.3) is 22.8 Å². The Morgan fingerprint density at radius 2 is 2.10 bits per heavy atom. The maximum atomic E-state index is 12.4. The molecule has 1 aliphatic heterocycles. The molecule has 5 rings (SSSR count). The van der Waals surface area contributed by atoms with Crippen molar-refractivity contribution in [3.63, 3.8) is 0 Å². The average molecular weight is 400 g/mol. The number of nitrogens with zero attached hydrogens (tertiary/aromatic N) is 3. The molecule has 4 heterocycles. The molecule has 2 aliphatic rings. The molecular formula is C22H20N6O2. The number of rotatable bonds is 3. The lowest BCUT2D eigenvalue weighted by atomic mass is 9.91. The number of anilines is 1. The van der Waals surface area contributed by atoms with Gasteiger partial charge in [0.1, 0.15) is 0 Å². The Morgan fingerprint density at radius 3 is 2.93 bits per heavy atom. The molecule has 0 unspecified atom stereocenters. The van der Waals surface area contributed by atoms with Crippen molar-refractivity contribution in [2.45, 2.75) is 26.2 Å². The quantitative estimate of drug-likeness (QED) is 0.584. The van der Waals surface area contributed by atoms with E-state index in [1.165, 1.54) is 6.08 Å². The lowest BCUT2D eigenvalue weighted by Crippen LogP contribution is -2.32. The number of fused-ring (bicyclic) bond motifs is 5. The van der Waals surface area contributed by atoms with Gasteiger partial charge in [-0.05, 0) is 43.0 Å². The minimum Gasteiger partial charge on any atom is -0.356 e. The van der Waals surface area contributed by atoms with Crippen LogP contribution in [-0.2, 0) is 24.1 Å². The van der Waals surface area contributed by atoms with Gasteiger partial charge in [-0.25, -0.2) is 9.97 Å². The lowest BCUT2D eigenvalue weighted by Gasteiger charge is -2.18. The molecule has 1 aliphatic carbocycles. The Bertz CT molecular complexity index is 1230. The molecule has 3 N–H and O–H groups in total. The first kappa shape index (κ1) is 18.2. The summed E-state index contributed by atoms with van der Waals surface area (Å²) in [6.07, 6.45) is 7.10. The fourth-order valence-corrected chi connectivity index (χ4v) is 4.07. The Balaban J connectivity index is 1.59. The number of aromatic nitrogens is 4. The molecule has 0 saturated carbocycles. The van der Waals surface area contributed by atoms with Gasteiger partial charge in [-0.1, -0.05) is 6.58 Å². The van der Waals surface area contributed by atoms with Gasteiger partial charge in [0.25, 0.3) is 5.91 Å². The predicted molar refractivity (Wildman–Crippen MR) is 112 cm³/mol. The average Bonchev–Trinajstić information content (AvgIpc) is 3.15. The number of hydrogen-bond acceptors (Lipinski definition) is 5. The summed E-state index contributed by atoms with van der Waals surface area (Å²) < 4.78 is 0. The topological polar surface area (TPSA) is 113 Å². The number of nitrogens with one attached hydrogen (secondary N) is 3. The largest absolute Gasteiger partial charge is 0.356 e. The van der Waals surface area contributed by atoms with E-state index in [9.17, 15) is 9.59 Å². The Hall–Kier alpha value is -3.81. The van der Waals surface area contributed by atoms with E-state index >= 15 is 0 Å². The standard InChI is InChI=1S/C22H20N6O2/c1-3-17(29)26-16-8-13(10-24-11(16)2)21-25-9-12-4-5-14-18-15(6-7-23-22(18)30)27-20(14)19(12)28-21/h3,8-10,27H,1,4-7H2,2H3,(H,23,30)(H,26,29). The van der Waals surface area contributed by atoms with Crippen molar-refractivity contribution in [1.82, 2.24) is 25.3 Å². The van der Waals surface area contributed by atoms with E-state index in [4.69, 9.17) is 4.98 Å². The third kappa shape index (κ3) is 2.88. The van der Waals surface area contributed by atoms with Crippen LogP contribution in [0, 0.1) is 6.92 Å². The van der Waals surface area contributed by atoms with Gasteiger partial charge in [0.2, 0.25) is 5.91 Å². The number of aryl methyl sites for hydroxylation is 2. The highest BCUT2D eigenvalue weighted by molar-refractivity contribution is 6.00. The summed E-state index contributed by atoms with van der Waals surface area (Å²) in [6.45, 7) is 5.94. The van der Waals surface area contributed by atoms with Crippen molar-refractivity contribution >= 4 is 17.5 Å². The maximum absolute atomic E-state index is 12.4. The van der Waals surface area contributed by atoms with Crippen molar-refractivity contribution < 1.29 is 9.59 Å². The molecule has 3 aromatic rings. The molecule has 0 saturated heterocycles. The highest BCUT2D eigenvalue weighted by Gasteiger charge is 2.30. The van der Waals surface area contributed by atoms with E-state index in [1.54, 1.807) is 6.20 Å². The Labute approximate surface area is 172 Å². The minimum absolute atomic E-state index is 0.0168. The van der Waals surface area contributed by atoms with E-state index in [1.807, 2.05) is 19.2 Å². The van der Waals surface area contributed by atoms with Crippen LogP contribution in [0.1, 0.15) is 32.9 Å². The summed E-state index contributed by atoms with van der Waals surface area (Å²) in [6, 6.07) is 1.81. The van der Waals surface area contributed by atoms with Gasteiger partial charge in [-0.15, -0.1) is 0 Å². The number of pyridine rings is 1. The Morgan fingerprint density at radius 1 is 1.23 bits per heavy atom. The zero-order valence-corrected chi connectivity index (χ0v) is 16.5. The second kappa shape index (κ2) is 6.91. The van der Waals surface area contributed by atoms with Crippen LogP contribution in [0.4, 0.5) is 5.69 Å². The summed E-state index contributed by atoms with van der Waals surface area (Å²) in [5.74, 6) is 0.195. The van der Waals surface area contributed by atoms with Crippen LogP contribution in [0.15, 0.2) is 31.1 Å². The molecule has 8 nitrogen and oxygen atoms in total. The first-order valence-corrected chi connectivity index (χ1v) is 9.83. The zero-order chi connectivity index (χ0) is 20.8. The number of amides is 2. The molecule has 0 atom stereocenters. The van der Waals surface area contributed by atoms with E-state index in [2.05, 4.69) is 32.2 Å². The van der Waals surface area contributed by atoms with Gasteiger partial charge >= 0.3 is 0 Å². The van der Waals surface area contributed by atoms with Gasteiger partial charge < -0.3 is 15.6 Å². The molecule has 0 aromatic carbocycles. The maximum Gasteiger partial charge on any atom is 0.253 e. The number of H-pyrrole nitrogens is 1. The number of carbonyl (C=O) groups excluding carboxylic acids is 2. The summed E-state index contributed by atoms with van der Waals surface area (Å²) in [4.78, 5) is 41.2. The van der Waals surface area contributed by atoms with Crippen LogP contribution in [0.5, 0.6) is 0 Å². The fraction of sp³-hybridized carbons (Fsp3) is 0.227. The van der Waals surface area contributed by atoms with Crippen LogP contribution >= 0.6 is 0 Å². The molecule has 8 heteroatoms. The zero-order valence-electron chi connectivity index (χ0n) is 16.5. The molecule has 30 heavy (non-hydrogen) atoms. The highest BCUT2D eigenvalue weighted by atomic mass is 16.2. The second-order valence-electron chi connectivity index (χ2n) is 7.46. The van der Waals surface area contributed by atoms with Crippen LogP contribution < -0.4 is 10.6 Å². The van der Waals surface area contributed by atoms with Gasteiger partial charge in [-0.3, -0.25) is 14.6 Å². The van der Waals surface area contributed by atoms with Crippen molar-refractivity contribution in [3.05, 3.63) is 59.2 Å². The van der Waals surface area contributed by atoms with Gasteiger partial charge in [0.15, 0.2) is 5.82 Å². The lowest BCUT2D eigenvalue weighted by molar-refractivity contribution is -0.111. The molecule has 3 aromatic heterocycles. The highest BCUT2D eigenvalue weighted by Crippen LogP contribution is 2.36. The molecular weight excluding hydrogens is 380 g/mol. The van der Waals surface area contributed by atoms with E-state index in [0.717, 1.165) is 53.0 Å². The van der Waals surface area contributed by atoms with Crippen molar-refractivity contribution in [2.75, 3.05) is 11.9 Å². The molecule has 0 bridgehead atoms. The fourth-order valence-electron chi connectivity index (χ4n) is 4.07. The van der Waals surface area contributed by atoms with Crippen LogP contribution in [-0.4, -0.2) is 38.3 Å². The number of carbonyl (C=O) groups is 2. The van der Waals surface area contributed by atoms with Gasteiger partial charge in [0, 0.05) is 36.6 Å². The van der Waals surface area contributed by atoms with Crippen molar-refractivity contribution in [2.24, 2.45) is 0 Å². The Kier molecular flexibility index (Phi) is 4.20. The first-order chi connectivity index (χ1) is 14.5. The molecule has 0 fully saturated rings. The molecule has 2 amide bonds. The predicted octanol–water partition coefficient (Wildman–Crippen LogP) is 2.35. The first-order valence-electron chi connectivity index (χ1n) is 9.83. The second-order valence-corrected chi connectivity index (χ2v) is 7.46. The summed E-state index contributed by atoms with van der Waals surface area (Å²) in [5.41, 5.74) is 7.53. The summed E-state index contributed by atoms with van der Waals surface area (Å²) in [7, 11) is 0. The van der Waals surface area contributed by atoms with Gasteiger partial charge in [-0.2, -0.15) is 0 Å². The monoisotopic (exact) mass is 400 g/mol. The minimum atomic E-state index is -0.303. The molecule has 0 radical (unpaired) electrons. The number of aromatic amines is 1. The van der Waals surface area contributed by atoms with Gasteiger partial charge in [0.05, 0.1) is 28.3 Å². The summed E-state index contributed by atoms with van der Waals surface area (Å²) >= 11 is 0. The van der Waals surface area contributed by atoms with Crippen LogP contribution in [0.3, 0.4) is 0 Å². The SMILES string of the molecule is C=CC(=O)Nc1cc(-c2ncc3c(n2)-c2[nH]c4c(c2CC3)C(=O)NCC4)cnc1C. The van der Waals surface area contributed by atoms with Crippen molar-refractivity contribution in [1.29, 1.82) is 0 Å². The van der Waals surface area contributed by atoms with E-state index < -0.39 is 0 Å². The van der Waals surface area contributed by atoms with E-state index in [0.29, 0.717) is 29.3 Å². The molecule has 150 valence electrons. The molecule has 0 spiro atoms. The van der Waals surface area contributed by atoms with Crippen molar-refractivity contribution in [3.8, 4) is 22.8 Å². The third-order valence-electron chi connectivity index (χ3n) is 5.60. The smallest absolute Gasteiger partial charge is 0.253 e.